The fraction of sp³-hybridized carbons (Fsp3) is 0.412. The van der Waals surface area contributed by atoms with Crippen molar-refractivity contribution in [1.29, 1.82) is 0 Å². The van der Waals surface area contributed by atoms with E-state index in [0.29, 0.717) is 35.7 Å². The molecule has 0 atom stereocenters. The number of fused-ring (bicyclic) bond motifs is 1. The zero-order chi connectivity index (χ0) is 18.9. The van der Waals surface area contributed by atoms with E-state index in [4.69, 9.17) is 11.6 Å². The van der Waals surface area contributed by atoms with Crippen molar-refractivity contribution in [3.63, 3.8) is 0 Å². The predicted octanol–water partition coefficient (Wildman–Crippen LogP) is 2.71. The van der Waals surface area contributed by atoms with Crippen molar-refractivity contribution in [2.45, 2.75) is 32.7 Å². The lowest BCUT2D eigenvalue weighted by atomic mass is 10.1. The van der Waals surface area contributed by atoms with Gasteiger partial charge < -0.3 is 5.11 Å². The summed E-state index contributed by atoms with van der Waals surface area (Å²) in [6.45, 7) is 2.29. The molecule has 0 aliphatic carbocycles. The second kappa shape index (κ2) is 7.38. The van der Waals surface area contributed by atoms with Crippen LogP contribution in [0.15, 0.2) is 24.3 Å². The molecular formula is C17H20ClN3O4S. The Morgan fingerprint density at radius 1 is 1.31 bits per heavy atom. The summed E-state index contributed by atoms with van der Waals surface area (Å²) in [6.07, 6.45) is 1.78. The molecule has 7 nitrogen and oxygen atoms in total. The van der Waals surface area contributed by atoms with Crippen molar-refractivity contribution in [3.05, 3.63) is 46.2 Å². The number of aromatic carboxylic acids is 1. The lowest BCUT2D eigenvalue weighted by Crippen LogP contribution is -2.38. The molecule has 1 aliphatic rings. The summed E-state index contributed by atoms with van der Waals surface area (Å²) in [4.78, 5) is 11.6. The molecule has 1 aromatic heterocycles. The van der Waals surface area contributed by atoms with Crippen molar-refractivity contribution >= 4 is 27.6 Å². The minimum absolute atomic E-state index is 0.0383. The highest BCUT2D eigenvalue weighted by Gasteiger charge is 2.33. The SMILES string of the molecule is CCCCS(=O)(=O)N1CCc2c(c(C(=O)O)nn2-c2ccc(Cl)cc2)C1. The molecule has 0 bridgehead atoms. The molecule has 0 fully saturated rings. The number of hydrogen-bond acceptors (Lipinski definition) is 4. The summed E-state index contributed by atoms with van der Waals surface area (Å²) in [5, 5.41) is 14.3. The van der Waals surface area contributed by atoms with Gasteiger partial charge >= 0.3 is 5.97 Å². The molecule has 0 unspecified atom stereocenters. The van der Waals surface area contributed by atoms with Crippen LogP contribution in [-0.4, -0.2) is 45.9 Å². The van der Waals surface area contributed by atoms with Gasteiger partial charge in [0.15, 0.2) is 5.69 Å². The normalized spacial score (nSPS) is 15.0. The highest BCUT2D eigenvalue weighted by molar-refractivity contribution is 7.89. The van der Waals surface area contributed by atoms with E-state index in [1.807, 2.05) is 6.92 Å². The lowest BCUT2D eigenvalue weighted by molar-refractivity contribution is 0.0688. The highest BCUT2D eigenvalue weighted by Crippen LogP contribution is 2.27. The number of hydrogen-bond donors (Lipinski definition) is 1. The van der Waals surface area contributed by atoms with Crippen LogP contribution in [0.2, 0.25) is 5.02 Å². The standard InChI is InChI=1S/C17H20ClN3O4S/c1-2-3-10-26(24,25)20-9-8-15-14(11-20)16(17(22)23)19-21(15)13-6-4-12(18)5-7-13/h4-7H,2-3,8-11H2,1H3,(H,22,23). The molecule has 0 amide bonds. The zero-order valence-electron chi connectivity index (χ0n) is 14.4. The van der Waals surface area contributed by atoms with Gasteiger partial charge in [0.2, 0.25) is 10.0 Å². The first-order chi connectivity index (χ1) is 12.3. The maximum absolute atomic E-state index is 12.5. The quantitative estimate of drug-likeness (QED) is 0.808. The Balaban J connectivity index is 2.00. The third-order valence-corrected chi connectivity index (χ3v) is 6.60. The van der Waals surface area contributed by atoms with Gasteiger partial charge in [-0.3, -0.25) is 0 Å². The average Bonchev–Trinajstić information content (AvgIpc) is 3.00. The number of halogens is 1. The number of carboxylic acid groups (broad SMARTS) is 1. The molecule has 1 aliphatic heterocycles. The van der Waals surface area contributed by atoms with E-state index in [-0.39, 0.29) is 18.0 Å². The highest BCUT2D eigenvalue weighted by atomic mass is 35.5. The number of rotatable bonds is 6. The fourth-order valence-corrected chi connectivity index (χ4v) is 4.79. The molecule has 2 heterocycles. The Labute approximate surface area is 157 Å². The molecule has 140 valence electrons. The second-order valence-electron chi connectivity index (χ2n) is 6.22. The predicted molar refractivity (Wildman–Crippen MR) is 98.3 cm³/mol. The number of carbonyl (C=O) groups is 1. The summed E-state index contributed by atoms with van der Waals surface area (Å²) < 4.78 is 27.9. The van der Waals surface area contributed by atoms with Gasteiger partial charge in [-0.1, -0.05) is 24.9 Å². The third-order valence-electron chi connectivity index (χ3n) is 4.45. The molecule has 0 radical (unpaired) electrons. The van der Waals surface area contributed by atoms with Crippen molar-refractivity contribution in [2.75, 3.05) is 12.3 Å². The van der Waals surface area contributed by atoms with Gasteiger partial charge in [-0.25, -0.2) is 17.9 Å². The van der Waals surface area contributed by atoms with Gasteiger partial charge in [0, 0.05) is 30.1 Å². The van der Waals surface area contributed by atoms with Gasteiger partial charge in [0.1, 0.15) is 0 Å². The van der Waals surface area contributed by atoms with E-state index in [1.54, 1.807) is 28.9 Å². The summed E-state index contributed by atoms with van der Waals surface area (Å²) in [5.74, 6) is -1.09. The van der Waals surface area contributed by atoms with Gasteiger partial charge in [-0.2, -0.15) is 9.40 Å². The van der Waals surface area contributed by atoms with Crippen LogP contribution in [0.5, 0.6) is 0 Å². The Hall–Kier alpha value is -1.90. The molecule has 0 spiro atoms. The van der Waals surface area contributed by atoms with Gasteiger partial charge in [-0.15, -0.1) is 0 Å². The first-order valence-electron chi connectivity index (χ1n) is 8.41. The Bertz CT molecular complexity index is 922. The van der Waals surface area contributed by atoms with Crippen LogP contribution in [0.25, 0.3) is 5.69 Å². The molecule has 3 rings (SSSR count). The average molecular weight is 398 g/mol. The molecule has 2 aromatic rings. The lowest BCUT2D eigenvalue weighted by Gasteiger charge is -2.27. The molecule has 0 saturated heterocycles. The van der Waals surface area contributed by atoms with Crippen LogP contribution < -0.4 is 0 Å². The fourth-order valence-electron chi connectivity index (χ4n) is 3.06. The van der Waals surface area contributed by atoms with E-state index in [1.165, 1.54) is 4.31 Å². The van der Waals surface area contributed by atoms with Gasteiger partial charge in [0.05, 0.1) is 17.1 Å². The molecule has 1 aromatic carbocycles. The first-order valence-corrected chi connectivity index (χ1v) is 10.4. The number of nitrogens with zero attached hydrogens (tertiary/aromatic N) is 3. The first kappa shape index (κ1) is 18.9. The molecule has 9 heteroatoms. The number of aromatic nitrogens is 2. The van der Waals surface area contributed by atoms with Crippen LogP contribution in [0, 0.1) is 0 Å². The minimum Gasteiger partial charge on any atom is -0.476 e. The summed E-state index contributed by atoms with van der Waals surface area (Å²) in [6, 6.07) is 6.92. The van der Waals surface area contributed by atoms with E-state index in [0.717, 1.165) is 12.1 Å². The Morgan fingerprint density at radius 2 is 2.00 bits per heavy atom. The smallest absolute Gasteiger partial charge is 0.356 e. The topological polar surface area (TPSA) is 92.5 Å². The number of sulfonamides is 1. The van der Waals surface area contributed by atoms with Crippen LogP contribution in [0.3, 0.4) is 0 Å². The Kier molecular flexibility index (Phi) is 5.36. The monoisotopic (exact) mass is 397 g/mol. The summed E-state index contributed by atoms with van der Waals surface area (Å²) in [7, 11) is -3.41. The van der Waals surface area contributed by atoms with Crippen LogP contribution in [0.4, 0.5) is 0 Å². The van der Waals surface area contributed by atoms with Crippen LogP contribution in [0.1, 0.15) is 41.5 Å². The largest absolute Gasteiger partial charge is 0.476 e. The van der Waals surface area contributed by atoms with Crippen LogP contribution in [-0.2, 0) is 23.0 Å². The molecule has 1 N–H and O–H groups in total. The van der Waals surface area contributed by atoms with E-state index >= 15 is 0 Å². The molecule has 26 heavy (non-hydrogen) atoms. The number of unbranched alkanes of at least 4 members (excludes halogenated alkanes) is 1. The third kappa shape index (κ3) is 3.62. The Morgan fingerprint density at radius 3 is 2.62 bits per heavy atom. The number of carboxylic acids is 1. The zero-order valence-corrected chi connectivity index (χ0v) is 15.9. The molecule has 0 saturated carbocycles. The second-order valence-corrected chi connectivity index (χ2v) is 8.75. The maximum Gasteiger partial charge on any atom is 0.356 e. The van der Waals surface area contributed by atoms with Crippen molar-refractivity contribution in [1.82, 2.24) is 14.1 Å². The number of benzene rings is 1. The van der Waals surface area contributed by atoms with Crippen molar-refractivity contribution in [3.8, 4) is 5.69 Å². The van der Waals surface area contributed by atoms with Gasteiger partial charge in [0.25, 0.3) is 0 Å². The maximum atomic E-state index is 12.5. The van der Waals surface area contributed by atoms with E-state index in [2.05, 4.69) is 5.10 Å². The summed E-state index contributed by atoms with van der Waals surface area (Å²) >= 11 is 5.91. The van der Waals surface area contributed by atoms with Crippen molar-refractivity contribution < 1.29 is 18.3 Å². The van der Waals surface area contributed by atoms with Crippen molar-refractivity contribution in [2.24, 2.45) is 0 Å². The van der Waals surface area contributed by atoms with E-state index < -0.39 is 16.0 Å². The summed E-state index contributed by atoms with van der Waals surface area (Å²) in [5.41, 5.74) is 1.77. The molecular weight excluding hydrogens is 378 g/mol. The minimum atomic E-state index is -3.41. The van der Waals surface area contributed by atoms with Gasteiger partial charge in [-0.05, 0) is 30.7 Å². The van der Waals surface area contributed by atoms with E-state index in [9.17, 15) is 18.3 Å². The van der Waals surface area contributed by atoms with Crippen LogP contribution >= 0.6 is 11.6 Å².